The maximum Gasteiger partial charge on any atom is 0.313 e. The lowest BCUT2D eigenvalue weighted by Crippen LogP contribution is -2.55. The molecule has 4 aliphatic rings. The van der Waals surface area contributed by atoms with E-state index in [-0.39, 0.29) is 31.4 Å². The number of benzene rings is 2. The van der Waals surface area contributed by atoms with E-state index in [0.717, 1.165) is 11.1 Å². The number of allylic oxidation sites excluding steroid dienone is 1. The number of hydrogen-bond acceptors (Lipinski definition) is 7. The molecule has 3 amide bonds. The Balaban J connectivity index is 1.41. The smallest absolute Gasteiger partial charge is 0.313 e. The lowest BCUT2D eigenvalue weighted by molar-refractivity contribution is -0.164. The van der Waals surface area contributed by atoms with Gasteiger partial charge in [-0.05, 0) is 24.5 Å². The summed E-state index contributed by atoms with van der Waals surface area (Å²) in [6.07, 6.45) is 6.10. The number of esters is 1. The van der Waals surface area contributed by atoms with Crippen LogP contribution in [0.5, 0.6) is 0 Å². The minimum Gasteiger partial charge on any atom is -0.455 e. The minimum atomic E-state index is -1.45. The van der Waals surface area contributed by atoms with Crippen LogP contribution in [0.1, 0.15) is 37.0 Å². The quantitative estimate of drug-likeness (QED) is 0.407. The van der Waals surface area contributed by atoms with Crippen molar-refractivity contribution in [1.82, 2.24) is 14.7 Å². The van der Waals surface area contributed by atoms with E-state index in [1.165, 1.54) is 4.90 Å². The maximum atomic E-state index is 14.3. The summed E-state index contributed by atoms with van der Waals surface area (Å²) in [6.45, 7) is 2.02. The molecule has 7 atom stereocenters. The number of likely N-dealkylation sites (tertiary alicyclic amines) is 1. The van der Waals surface area contributed by atoms with Crippen molar-refractivity contribution in [2.75, 3.05) is 26.7 Å². The monoisotopic (exact) mass is 613 g/mol. The number of amides is 3. The van der Waals surface area contributed by atoms with Gasteiger partial charge >= 0.3 is 5.97 Å². The number of β-amino-alcohol motifs (C(OH)–C–C–N with tert-alkyl or cyclic N) is 1. The number of aliphatic hydroxyl groups excluding tert-OH is 1. The van der Waals surface area contributed by atoms with Crippen molar-refractivity contribution in [3.8, 4) is 0 Å². The highest BCUT2D eigenvalue weighted by molar-refractivity contribution is 5.99. The average Bonchev–Trinajstić information content (AvgIpc) is 3.43. The van der Waals surface area contributed by atoms with E-state index in [1.54, 1.807) is 35.1 Å². The van der Waals surface area contributed by atoms with E-state index in [1.807, 2.05) is 73.7 Å². The Morgan fingerprint density at radius 1 is 0.956 bits per heavy atom. The first-order valence-corrected chi connectivity index (χ1v) is 15.5. The van der Waals surface area contributed by atoms with Gasteiger partial charge in [-0.15, -0.1) is 0 Å². The molecule has 2 fully saturated rings. The maximum absolute atomic E-state index is 14.3. The molecule has 2 aromatic rings. The standard InChI is InChI=1S/C35H39N3O7/c1-23-30(25-14-7-4-8-15-25)44-34(43)28-26(16-9-10-17-27(40)36(23)2)45-35-18-11-19-37(22-24-12-5-3-6-13-24)33(42)31(35)38(20-21-39)32(41)29(28)35/h3-9,11-16,18,23,26,28-31,39H,10,17,19-22H2,1-2H3/b16-9-/t23-,26-,28+,29+,30+,31-,35+/m1/s1. The number of nitrogens with zero attached hydrogens (tertiary/aromatic N) is 3. The molecular formula is C35H39N3O7. The fourth-order valence-electron chi connectivity index (χ4n) is 7.23. The van der Waals surface area contributed by atoms with Gasteiger partial charge in [0.05, 0.1) is 24.7 Å². The van der Waals surface area contributed by atoms with Gasteiger partial charge in [-0.3, -0.25) is 19.2 Å². The Hall–Kier alpha value is -4.28. The van der Waals surface area contributed by atoms with Crippen LogP contribution in [0, 0.1) is 11.8 Å². The van der Waals surface area contributed by atoms with Crippen molar-refractivity contribution in [1.29, 1.82) is 0 Å². The van der Waals surface area contributed by atoms with E-state index >= 15 is 0 Å². The van der Waals surface area contributed by atoms with Gasteiger partial charge in [-0.1, -0.05) is 85.0 Å². The molecule has 0 radical (unpaired) electrons. The molecule has 10 heteroatoms. The Bertz CT molecular complexity index is 1500. The van der Waals surface area contributed by atoms with Crippen LogP contribution in [0.3, 0.4) is 0 Å². The lowest BCUT2D eigenvalue weighted by Gasteiger charge is -2.35. The third-order valence-electron chi connectivity index (χ3n) is 9.57. The number of cyclic esters (lactones) is 1. The molecule has 6 rings (SSSR count). The fourth-order valence-corrected chi connectivity index (χ4v) is 7.23. The molecule has 4 heterocycles. The second-order valence-corrected chi connectivity index (χ2v) is 12.2. The van der Waals surface area contributed by atoms with E-state index in [9.17, 15) is 24.3 Å². The fraction of sp³-hybridized carbons (Fsp3) is 0.429. The zero-order valence-electron chi connectivity index (χ0n) is 25.5. The number of rotatable bonds is 5. The number of aliphatic hydroxyl groups is 1. The molecule has 45 heavy (non-hydrogen) atoms. The summed E-state index contributed by atoms with van der Waals surface area (Å²) in [5.74, 6) is -3.59. The second-order valence-electron chi connectivity index (χ2n) is 12.2. The van der Waals surface area contributed by atoms with Gasteiger partial charge in [0.2, 0.25) is 17.7 Å². The van der Waals surface area contributed by atoms with Crippen LogP contribution >= 0.6 is 0 Å². The summed E-state index contributed by atoms with van der Waals surface area (Å²) in [5, 5.41) is 9.97. The molecule has 2 saturated heterocycles. The number of likely N-dealkylation sites (N-methyl/N-ethyl adjacent to an activating group) is 1. The minimum absolute atomic E-state index is 0.0806. The third kappa shape index (κ3) is 5.46. The summed E-state index contributed by atoms with van der Waals surface area (Å²) in [6, 6.07) is 17.2. The summed E-state index contributed by atoms with van der Waals surface area (Å²) >= 11 is 0. The van der Waals surface area contributed by atoms with E-state index in [0.29, 0.717) is 19.5 Å². The summed E-state index contributed by atoms with van der Waals surface area (Å²) in [4.78, 5) is 60.6. The Morgan fingerprint density at radius 2 is 1.67 bits per heavy atom. The summed E-state index contributed by atoms with van der Waals surface area (Å²) < 4.78 is 13.0. The molecule has 4 aliphatic heterocycles. The van der Waals surface area contributed by atoms with Gasteiger partial charge in [-0.25, -0.2) is 0 Å². The largest absolute Gasteiger partial charge is 0.455 e. The molecule has 0 aliphatic carbocycles. The molecule has 0 bridgehead atoms. The number of ether oxygens (including phenoxy) is 2. The number of fused-ring (bicyclic) bond motifs is 2. The van der Waals surface area contributed by atoms with Crippen LogP contribution in [0.15, 0.2) is 85.0 Å². The second kappa shape index (κ2) is 12.6. The average molecular weight is 614 g/mol. The number of carbonyl (C=O) groups is 4. The molecule has 0 unspecified atom stereocenters. The molecule has 0 aromatic heterocycles. The highest BCUT2D eigenvalue weighted by Gasteiger charge is 2.71. The zero-order valence-corrected chi connectivity index (χ0v) is 25.5. The van der Waals surface area contributed by atoms with Crippen LogP contribution in [0.4, 0.5) is 0 Å². The molecule has 0 saturated carbocycles. The number of hydrogen-bond donors (Lipinski definition) is 1. The SMILES string of the molecule is C[C@@H]1[C@@H](c2ccccc2)OC(=O)[C@@H]2[C@H]3C(=O)N(CCO)[C@@H]4C(=O)N(Cc5ccccc5)CC=C[C@]34O[C@@H]2/C=C\CCC(=O)N1C. The van der Waals surface area contributed by atoms with Crippen molar-refractivity contribution >= 4 is 23.7 Å². The predicted octanol–water partition coefficient (Wildman–Crippen LogP) is 2.64. The topological polar surface area (TPSA) is 117 Å². The zero-order chi connectivity index (χ0) is 31.7. The summed E-state index contributed by atoms with van der Waals surface area (Å²) in [7, 11) is 1.70. The van der Waals surface area contributed by atoms with Crippen molar-refractivity contribution in [2.24, 2.45) is 11.8 Å². The first kappa shape index (κ1) is 30.7. The van der Waals surface area contributed by atoms with Gasteiger partial charge in [-0.2, -0.15) is 0 Å². The number of carbonyl (C=O) groups excluding carboxylic acids is 4. The van der Waals surface area contributed by atoms with Crippen LogP contribution in [-0.4, -0.2) is 94.0 Å². The van der Waals surface area contributed by atoms with Crippen molar-refractivity contribution < 1.29 is 33.8 Å². The first-order chi connectivity index (χ1) is 21.8. The van der Waals surface area contributed by atoms with E-state index in [2.05, 4.69) is 0 Å². The van der Waals surface area contributed by atoms with Gasteiger partial charge < -0.3 is 29.3 Å². The van der Waals surface area contributed by atoms with Crippen molar-refractivity contribution in [3.63, 3.8) is 0 Å². The lowest BCUT2D eigenvalue weighted by atomic mass is 9.77. The summed E-state index contributed by atoms with van der Waals surface area (Å²) in [5.41, 5.74) is 0.202. The van der Waals surface area contributed by atoms with Crippen LogP contribution in [0.2, 0.25) is 0 Å². The van der Waals surface area contributed by atoms with Crippen LogP contribution in [0.25, 0.3) is 0 Å². The Labute approximate surface area is 262 Å². The normalized spacial score (nSPS) is 32.6. The van der Waals surface area contributed by atoms with Gasteiger partial charge in [0.15, 0.2) is 0 Å². The van der Waals surface area contributed by atoms with E-state index in [4.69, 9.17) is 9.47 Å². The third-order valence-corrected chi connectivity index (χ3v) is 9.57. The molecule has 1 N–H and O–H groups in total. The van der Waals surface area contributed by atoms with Crippen LogP contribution in [-0.2, 0) is 35.2 Å². The molecule has 2 aromatic carbocycles. The molecule has 1 spiro atoms. The van der Waals surface area contributed by atoms with Gasteiger partial charge in [0.1, 0.15) is 23.7 Å². The van der Waals surface area contributed by atoms with Gasteiger partial charge in [0.25, 0.3) is 0 Å². The van der Waals surface area contributed by atoms with Crippen LogP contribution < -0.4 is 0 Å². The Kier molecular flexibility index (Phi) is 8.61. The van der Waals surface area contributed by atoms with Crippen molar-refractivity contribution in [3.05, 3.63) is 96.1 Å². The molecule has 236 valence electrons. The molecular weight excluding hydrogens is 574 g/mol. The van der Waals surface area contributed by atoms with Crippen molar-refractivity contribution in [2.45, 2.75) is 56.2 Å². The Morgan fingerprint density at radius 3 is 2.38 bits per heavy atom. The predicted molar refractivity (Wildman–Crippen MR) is 164 cm³/mol. The molecule has 10 nitrogen and oxygen atoms in total. The first-order valence-electron chi connectivity index (χ1n) is 15.5. The van der Waals surface area contributed by atoms with E-state index < -0.39 is 53.6 Å². The van der Waals surface area contributed by atoms with Gasteiger partial charge in [0, 0.05) is 33.1 Å². The highest BCUT2D eigenvalue weighted by atomic mass is 16.6. The highest BCUT2D eigenvalue weighted by Crippen LogP contribution is 2.53.